The van der Waals surface area contributed by atoms with Crippen LogP contribution in [0, 0.1) is 0 Å². The zero-order chi connectivity index (χ0) is 12.8. The fourth-order valence-electron chi connectivity index (χ4n) is 1.12. The molecular formula is C12H25NO3S. The molecule has 0 aromatic carbocycles. The Morgan fingerprint density at radius 3 is 2.88 bits per heavy atom. The van der Waals surface area contributed by atoms with Gasteiger partial charge in [-0.25, -0.2) is 0 Å². The van der Waals surface area contributed by atoms with Crippen LogP contribution in [0.15, 0.2) is 12.7 Å². The van der Waals surface area contributed by atoms with E-state index in [1.165, 1.54) is 0 Å². The Labute approximate surface area is 109 Å². The third-order valence-corrected chi connectivity index (χ3v) is 2.89. The highest BCUT2D eigenvalue weighted by molar-refractivity contribution is 7.99. The zero-order valence-corrected chi connectivity index (χ0v) is 11.5. The summed E-state index contributed by atoms with van der Waals surface area (Å²) < 4.78 is 10.4. The largest absolute Gasteiger partial charge is 0.389 e. The van der Waals surface area contributed by atoms with Gasteiger partial charge in [0.1, 0.15) is 0 Å². The molecule has 0 saturated heterocycles. The molecule has 0 aliphatic carbocycles. The molecule has 0 amide bonds. The van der Waals surface area contributed by atoms with Crippen molar-refractivity contribution in [3.05, 3.63) is 12.7 Å². The maximum absolute atomic E-state index is 9.56. The summed E-state index contributed by atoms with van der Waals surface area (Å²) in [5, 5.41) is 12.7. The summed E-state index contributed by atoms with van der Waals surface area (Å²) in [6.07, 6.45) is 1.45. The molecular weight excluding hydrogens is 238 g/mol. The molecule has 0 aliphatic heterocycles. The first-order valence-corrected chi connectivity index (χ1v) is 7.19. The molecule has 0 aromatic rings. The number of aliphatic hydroxyl groups excluding tert-OH is 1. The smallest absolute Gasteiger partial charge is 0.0897 e. The summed E-state index contributed by atoms with van der Waals surface area (Å²) in [5.74, 6) is 2.01. The average Bonchev–Trinajstić information content (AvgIpc) is 2.33. The van der Waals surface area contributed by atoms with E-state index in [4.69, 9.17) is 9.47 Å². The molecule has 0 aliphatic rings. The Balaban J connectivity index is 3.11. The molecule has 0 rings (SSSR count). The van der Waals surface area contributed by atoms with Gasteiger partial charge in [0, 0.05) is 31.2 Å². The average molecular weight is 263 g/mol. The number of aliphatic hydroxyl groups is 1. The normalized spacial score (nSPS) is 12.6. The number of hydrogen-bond donors (Lipinski definition) is 2. The van der Waals surface area contributed by atoms with Crippen LogP contribution in [0.1, 0.15) is 6.92 Å². The van der Waals surface area contributed by atoms with Crippen LogP contribution < -0.4 is 5.32 Å². The van der Waals surface area contributed by atoms with E-state index in [2.05, 4.69) is 11.9 Å². The molecule has 17 heavy (non-hydrogen) atoms. The minimum atomic E-state index is -0.443. The van der Waals surface area contributed by atoms with Gasteiger partial charge >= 0.3 is 0 Å². The van der Waals surface area contributed by atoms with Gasteiger partial charge in [-0.1, -0.05) is 6.08 Å². The molecule has 1 atom stereocenters. The van der Waals surface area contributed by atoms with Crippen molar-refractivity contribution in [3.63, 3.8) is 0 Å². The number of rotatable bonds is 13. The molecule has 0 heterocycles. The first-order valence-electron chi connectivity index (χ1n) is 6.04. The monoisotopic (exact) mass is 263 g/mol. The van der Waals surface area contributed by atoms with Crippen molar-refractivity contribution in [2.75, 3.05) is 51.0 Å². The summed E-state index contributed by atoms with van der Waals surface area (Å²) in [6, 6.07) is 0. The Kier molecular flexibility index (Phi) is 13.9. The lowest BCUT2D eigenvalue weighted by Crippen LogP contribution is -2.32. The topological polar surface area (TPSA) is 50.7 Å². The molecule has 0 fully saturated rings. The second kappa shape index (κ2) is 14.0. The van der Waals surface area contributed by atoms with Crippen LogP contribution in [0.3, 0.4) is 0 Å². The van der Waals surface area contributed by atoms with Crippen molar-refractivity contribution >= 4 is 11.8 Å². The van der Waals surface area contributed by atoms with E-state index in [0.717, 1.165) is 18.1 Å². The van der Waals surface area contributed by atoms with E-state index in [9.17, 15) is 5.11 Å². The van der Waals surface area contributed by atoms with Crippen LogP contribution in [0.5, 0.6) is 0 Å². The van der Waals surface area contributed by atoms with Crippen LogP contribution >= 0.6 is 11.8 Å². The van der Waals surface area contributed by atoms with E-state index in [1.807, 2.05) is 24.8 Å². The SMILES string of the molecule is C=CCSCCNCC(O)COCCOCC. The van der Waals surface area contributed by atoms with Gasteiger partial charge in [-0.3, -0.25) is 0 Å². The van der Waals surface area contributed by atoms with Crippen molar-refractivity contribution in [1.29, 1.82) is 0 Å². The van der Waals surface area contributed by atoms with Gasteiger partial charge in [-0.15, -0.1) is 6.58 Å². The molecule has 0 aromatic heterocycles. The molecule has 102 valence electrons. The Hall–Kier alpha value is -0.0700. The van der Waals surface area contributed by atoms with E-state index in [1.54, 1.807) is 0 Å². The lowest BCUT2D eigenvalue weighted by molar-refractivity contribution is 0.00669. The first kappa shape index (κ1) is 16.9. The van der Waals surface area contributed by atoms with Crippen molar-refractivity contribution < 1.29 is 14.6 Å². The first-order chi connectivity index (χ1) is 8.31. The third kappa shape index (κ3) is 13.9. The van der Waals surface area contributed by atoms with Gasteiger partial charge in [-0.05, 0) is 6.92 Å². The maximum atomic E-state index is 9.56. The van der Waals surface area contributed by atoms with Crippen LogP contribution in [-0.2, 0) is 9.47 Å². The molecule has 4 nitrogen and oxygen atoms in total. The number of hydrogen-bond acceptors (Lipinski definition) is 5. The van der Waals surface area contributed by atoms with E-state index >= 15 is 0 Å². The second-order valence-electron chi connectivity index (χ2n) is 3.49. The predicted molar refractivity (Wildman–Crippen MR) is 73.7 cm³/mol. The second-order valence-corrected chi connectivity index (χ2v) is 4.64. The lowest BCUT2D eigenvalue weighted by atomic mass is 10.4. The van der Waals surface area contributed by atoms with Crippen LogP contribution in [0.4, 0.5) is 0 Å². The van der Waals surface area contributed by atoms with Gasteiger partial charge in [0.25, 0.3) is 0 Å². The fourth-order valence-corrected chi connectivity index (χ4v) is 1.74. The predicted octanol–water partition coefficient (Wildman–Crippen LogP) is 0.909. The summed E-state index contributed by atoms with van der Waals surface area (Å²) in [7, 11) is 0. The number of ether oxygens (including phenoxy) is 2. The number of nitrogens with one attached hydrogen (secondary N) is 1. The Bertz CT molecular complexity index is 170. The van der Waals surface area contributed by atoms with E-state index < -0.39 is 6.10 Å². The maximum Gasteiger partial charge on any atom is 0.0897 e. The highest BCUT2D eigenvalue weighted by Crippen LogP contribution is 1.96. The van der Waals surface area contributed by atoms with Crippen molar-refractivity contribution in [3.8, 4) is 0 Å². The van der Waals surface area contributed by atoms with Gasteiger partial charge in [0.15, 0.2) is 0 Å². The van der Waals surface area contributed by atoms with Gasteiger partial charge in [-0.2, -0.15) is 11.8 Å². The van der Waals surface area contributed by atoms with Gasteiger partial charge in [0.2, 0.25) is 0 Å². The van der Waals surface area contributed by atoms with Gasteiger partial charge < -0.3 is 19.9 Å². The molecule has 0 saturated carbocycles. The standard InChI is InChI=1S/C12H25NO3S/c1-3-8-17-9-5-13-10-12(14)11-16-7-6-15-4-2/h3,12-14H,1,4-11H2,2H3. The highest BCUT2D eigenvalue weighted by Gasteiger charge is 2.02. The van der Waals surface area contributed by atoms with Gasteiger partial charge in [0.05, 0.1) is 25.9 Å². The summed E-state index contributed by atoms with van der Waals surface area (Å²) in [6.45, 7) is 9.27. The molecule has 0 spiro atoms. The minimum absolute atomic E-state index is 0.361. The summed E-state index contributed by atoms with van der Waals surface area (Å²) >= 11 is 1.82. The van der Waals surface area contributed by atoms with Crippen LogP contribution in [0.25, 0.3) is 0 Å². The van der Waals surface area contributed by atoms with E-state index in [0.29, 0.717) is 33.0 Å². The lowest BCUT2D eigenvalue weighted by Gasteiger charge is -2.12. The minimum Gasteiger partial charge on any atom is -0.389 e. The van der Waals surface area contributed by atoms with Crippen LogP contribution in [0.2, 0.25) is 0 Å². The highest BCUT2D eigenvalue weighted by atomic mass is 32.2. The van der Waals surface area contributed by atoms with Crippen molar-refractivity contribution in [2.45, 2.75) is 13.0 Å². The fraction of sp³-hybridized carbons (Fsp3) is 0.833. The zero-order valence-electron chi connectivity index (χ0n) is 10.7. The van der Waals surface area contributed by atoms with Crippen molar-refractivity contribution in [1.82, 2.24) is 5.32 Å². The summed E-state index contributed by atoms with van der Waals surface area (Å²) in [4.78, 5) is 0. The Morgan fingerprint density at radius 1 is 1.41 bits per heavy atom. The quantitative estimate of drug-likeness (QED) is 0.382. The molecule has 0 bridgehead atoms. The number of thioether (sulfide) groups is 1. The Morgan fingerprint density at radius 2 is 2.18 bits per heavy atom. The van der Waals surface area contributed by atoms with Crippen molar-refractivity contribution in [2.24, 2.45) is 0 Å². The molecule has 0 radical (unpaired) electrons. The van der Waals surface area contributed by atoms with E-state index in [-0.39, 0.29) is 0 Å². The summed E-state index contributed by atoms with van der Waals surface area (Å²) in [5.41, 5.74) is 0. The third-order valence-electron chi connectivity index (χ3n) is 1.93. The molecule has 5 heteroatoms. The molecule has 1 unspecified atom stereocenters. The van der Waals surface area contributed by atoms with Crippen LogP contribution in [-0.4, -0.2) is 62.2 Å². The molecule has 2 N–H and O–H groups in total.